The third kappa shape index (κ3) is 1.16. The summed E-state index contributed by atoms with van der Waals surface area (Å²) in [5.74, 6) is -1.09. The number of carbonyl (C=O) groups is 1. The predicted molar refractivity (Wildman–Crippen MR) is 62.3 cm³/mol. The van der Waals surface area contributed by atoms with Crippen LogP contribution in [0.25, 0.3) is 10.8 Å². The number of hydrogen-bond acceptors (Lipinski definition) is 3. The number of nitrogens with one attached hydrogen (secondary N) is 1. The molecule has 0 fully saturated rings. The van der Waals surface area contributed by atoms with Gasteiger partial charge in [0.1, 0.15) is 0 Å². The molecule has 0 saturated heterocycles. The normalized spacial score (nSPS) is 13.1. The lowest BCUT2D eigenvalue weighted by Gasteiger charge is -2.16. The summed E-state index contributed by atoms with van der Waals surface area (Å²) in [4.78, 5) is 15.0. The van der Waals surface area contributed by atoms with Crippen molar-refractivity contribution in [3.05, 3.63) is 36.4 Å². The molecule has 78 valence electrons. The van der Waals surface area contributed by atoms with E-state index >= 15 is 0 Å². The lowest BCUT2D eigenvalue weighted by Crippen LogP contribution is -2.24. The maximum Gasteiger partial charge on any atom is 0.371 e. The van der Waals surface area contributed by atoms with Crippen LogP contribution in [0.3, 0.4) is 0 Å². The molecule has 0 spiro atoms. The monoisotopic (exact) mass is 212 g/mol. The molecule has 16 heavy (non-hydrogen) atoms. The maximum atomic E-state index is 10.9. The highest BCUT2D eigenvalue weighted by atomic mass is 16.4. The molecule has 1 aliphatic heterocycles. The summed E-state index contributed by atoms with van der Waals surface area (Å²) in [5.41, 5.74) is 1.49. The molecule has 0 aliphatic carbocycles. The minimum absolute atomic E-state index is 0.0359. The fourth-order valence-corrected chi connectivity index (χ4v) is 1.90. The molecular formula is C12H8N2O2. The van der Waals surface area contributed by atoms with E-state index in [0.29, 0.717) is 5.69 Å². The Morgan fingerprint density at radius 2 is 1.94 bits per heavy atom. The van der Waals surface area contributed by atoms with Crippen LogP contribution in [-0.2, 0) is 4.79 Å². The molecule has 4 heteroatoms. The number of amidine groups is 1. The largest absolute Gasteiger partial charge is 0.475 e. The van der Waals surface area contributed by atoms with E-state index in [9.17, 15) is 4.79 Å². The lowest BCUT2D eigenvalue weighted by molar-refractivity contribution is -0.129. The summed E-state index contributed by atoms with van der Waals surface area (Å²) in [5, 5.41) is 13.8. The molecule has 0 atom stereocenters. The summed E-state index contributed by atoms with van der Waals surface area (Å²) in [7, 11) is 0. The standard InChI is InChI=1S/C12H8N2O2/c15-12(16)11-13-8-5-1-3-7-4-2-6-9(14-11)10(7)8/h1-6H,(H,13,14)(H,15,16). The molecule has 0 unspecified atom stereocenters. The highest BCUT2D eigenvalue weighted by Crippen LogP contribution is 2.35. The highest BCUT2D eigenvalue weighted by Gasteiger charge is 2.18. The van der Waals surface area contributed by atoms with Crippen LogP contribution in [0.5, 0.6) is 0 Å². The average molecular weight is 212 g/mol. The number of nitrogens with zero attached hydrogens (tertiary/aromatic N) is 1. The molecule has 2 aromatic carbocycles. The van der Waals surface area contributed by atoms with Crippen molar-refractivity contribution < 1.29 is 9.90 Å². The zero-order chi connectivity index (χ0) is 11.1. The van der Waals surface area contributed by atoms with Crippen molar-refractivity contribution in [3.63, 3.8) is 0 Å². The van der Waals surface area contributed by atoms with E-state index in [2.05, 4.69) is 10.3 Å². The first-order valence-electron chi connectivity index (χ1n) is 4.86. The number of aliphatic imine (C=N–C) groups is 1. The number of benzene rings is 2. The topological polar surface area (TPSA) is 61.7 Å². The molecule has 3 rings (SSSR count). The van der Waals surface area contributed by atoms with Crippen LogP contribution in [0, 0.1) is 0 Å². The van der Waals surface area contributed by atoms with E-state index in [0.717, 1.165) is 16.5 Å². The van der Waals surface area contributed by atoms with Crippen molar-refractivity contribution >= 4 is 34.0 Å². The Balaban J connectivity index is 2.36. The number of rotatable bonds is 1. The van der Waals surface area contributed by atoms with Crippen LogP contribution in [-0.4, -0.2) is 16.9 Å². The van der Waals surface area contributed by atoms with Crippen molar-refractivity contribution in [3.8, 4) is 0 Å². The summed E-state index contributed by atoms with van der Waals surface area (Å²) in [6.45, 7) is 0. The molecule has 4 nitrogen and oxygen atoms in total. The fraction of sp³-hybridized carbons (Fsp3) is 0. The Morgan fingerprint density at radius 1 is 1.19 bits per heavy atom. The molecule has 1 aliphatic rings. The van der Waals surface area contributed by atoms with Crippen LogP contribution in [0.1, 0.15) is 0 Å². The Labute approximate surface area is 91.2 Å². The molecule has 2 N–H and O–H groups in total. The molecular weight excluding hydrogens is 204 g/mol. The smallest absolute Gasteiger partial charge is 0.371 e. The van der Waals surface area contributed by atoms with Gasteiger partial charge in [0.25, 0.3) is 0 Å². The van der Waals surface area contributed by atoms with Crippen molar-refractivity contribution in [2.45, 2.75) is 0 Å². The molecule has 0 amide bonds. The van der Waals surface area contributed by atoms with Crippen LogP contribution < -0.4 is 5.32 Å². The summed E-state index contributed by atoms with van der Waals surface area (Å²) >= 11 is 0. The predicted octanol–water partition coefficient (Wildman–Crippen LogP) is 2.38. The van der Waals surface area contributed by atoms with E-state index in [-0.39, 0.29) is 5.84 Å². The first kappa shape index (κ1) is 8.91. The Bertz CT molecular complexity index is 627. The molecule has 2 aromatic rings. The molecule has 0 radical (unpaired) electrons. The van der Waals surface area contributed by atoms with Gasteiger partial charge in [-0.05, 0) is 17.5 Å². The van der Waals surface area contributed by atoms with E-state index in [1.807, 2.05) is 36.4 Å². The van der Waals surface area contributed by atoms with Crippen LogP contribution in [0.4, 0.5) is 11.4 Å². The second kappa shape index (κ2) is 3.06. The first-order valence-corrected chi connectivity index (χ1v) is 4.86. The maximum absolute atomic E-state index is 10.9. The number of aliphatic carboxylic acids is 1. The van der Waals surface area contributed by atoms with Gasteiger partial charge in [-0.1, -0.05) is 24.3 Å². The van der Waals surface area contributed by atoms with Gasteiger partial charge in [0.2, 0.25) is 5.84 Å². The summed E-state index contributed by atoms with van der Waals surface area (Å²) in [6.07, 6.45) is 0. The van der Waals surface area contributed by atoms with Crippen molar-refractivity contribution in [1.82, 2.24) is 0 Å². The van der Waals surface area contributed by atoms with Gasteiger partial charge in [-0.2, -0.15) is 0 Å². The van der Waals surface area contributed by atoms with E-state index in [1.54, 1.807) is 0 Å². The van der Waals surface area contributed by atoms with Gasteiger partial charge in [-0.15, -0.1) is 0 Å². The average Bonchev–Trinajstić information content (AvgIpc) is 2.29. The summed E-state index contributed by atoms with van der Waals surface area (Å²) < 4.78 is 0. The Kier molecular flexibility index (Phi) is 1.71. The van der Waals surface area contributed by atoms with E-state index in [4.69, 9.17) is 5.11 Å². The molecule has 1 heterocycles. The molecule has 0 bridgehead atoms. The van der Waals surface area contributed by atoms with Crippen molar-refractivity contribution in [2.75, 3.05) is 5.32 Å². The third-order valence-electron chi connectivity index (χ3n) is 2.57. The third-order valence-corrected chi connectivity index (χ3v) is 2.57. The van der Waals surface area contributed by atoms with E-state index in [1.165, 1.54) is 0 Å². The first-order chi connectivity index (χ1) is 7.75. The lowest BCUT2D eigenvalue weighted by atomic mass is 10.1. The van der Waals surface area contributed by atoms with Crippen LogP contribution in [0.2, 0.25) is 0 Å². The van der Waals surface area contributed by atoms with Gasteiger partial charge >= 0.3 is 5.97 Å². The highest BCUT2D eigenvalue weighted by molar-refractivity contribution is 6.42. The van der Waals surface area contributed by atoms with Crippen LogP contribution >= 0.6 is 0 Å². The number of carboxylic acid groups (broad SMARTS) is 1. The zero-order valence-corrected chi connectivity index (χ0v) is 8.27. The Morgan fingerprint density at radius 3 is 2.69 bits per heavy atom. The summed E-state index contributed by atoms with van der Waals surface area (Å²) in [6, 6.07) is 11.4. The van der Waals surface area contributed by atoms with Gasteiger partial charge in [0.15, 0.2) is 0 Å². The number of carboxylic acids is 1. The molecule has 0 saturated carbocycles. The second-order valence-electron chi connectivity index (χ2n) is 3.57. The minimum atomic E-state index is -1.05. The zero-order valence-electron chi connectivity index (χ0n) is 8.27. The van der Waals surface area contributed by atoms with Gasteiger partial charge in [-0.25, -0.2) is 9.79 Å². The van der Waals surface area contributed by atoms with Gasteiger partial charge in [0, 0.05) is 11.1 Å². The van der Waals surface area contributed by atoms with Gasteiger partial charge in [-0.3, -0.25) is 0 Å². The second-order valence-corrected chi connectivity index (χ2v) is 3.57. The Hall–Kier alpha value is -2.36. The van der Waals surface area contributed by atoms with E-state index < -0.39 is 5.97 Å². The quantitative estimate of drug-likeness (QED) is 0.762. The van der Waals surface area contributed by atoms with Gasteiger partial charge in [0.05, 0.1) is 5.69 Å². The molecule has 0 aromatic heterocycles. The van der Waals surface area contributed by atoms with Crippen molar-refractivity contribution in [2.24, 2.45) is 4.99 Å². The number of anilines is 1. The number of hydrogen-bond donors (Lipinski definition) is 2. The van der Waals surface area contributed by atoms with Gasteiger partial charge < -0.3 is 10.4 Å². The van der Waals surface area contributed by atoms with Crippen molar-refractivity contribution in [1.29, 1.82) is 0 Å². The SMILES string of the molecule is O=C(O)C1=Nc2cccc3cccc(c23)N1. The minimum Gasteiger partial charge on any atom is -0.475 e. The van der Waals surface area contributed by atoms with Crippen LogP contribution in [0.15, 0.2) is 41.4 Å². The fourth-order valence-electron chi connectivity index (χ4n) is 1.90.